The first-order valence-electron chi connectivity index (χ1n) is 8.18. The van der Waals surface area contributed by atoms with Gasteiger partial charge in [-0.3, -0.25) is 4.79 Å². The maximum absolute atomic E-state index is 13.0. The van der Waals surface area contributed by atoms with Gasteiger partial charge in [-0.1, -0.05) is 6.07 Å². The summed E-state index contributed by atoms with van der Waals surface area (Å²) in [6.45, 7) is 1.34. The fraction of sp³-hybridized carbons (Fsp3) is 0.278. The third kappa shape index (κ3) is 4.67. The van der Waals surface area contributed by atoms with E-state index in [9.17, 15) is 26.4 Å². The lowest BCUT2D eigenvalue weighted by Gasteiger charge is -2.13. The summed E-state index contributed by atoms with van der Waals surface area (Å²) in [6.07, 6.45) is -2.91. The maximum Gasteiger partial charge on any atom is 0.416 e. The van der Waals surface area contributed by atoms with Crippen molar-refractivity contribution < 1.29 is 26.4 Å². The van der Waals surface area contributed by atoms with Crippen LogP contribution in [-0.2, 0) is 16.2 Å². The summed E-state index contributed by atoms with van der Waals surface area (Å²) < 4.78 is 65.6. The summed E-state index contributed by atoms with van der Waals surface area (Å²) in [5.74, 6) is -0.633. The minimum atomic E-state index is -4.52. The summed E-state index contributed by atoms with van der Waals surface area (Å²) in [5, 5.41) is 2.39. The molecule has 1 aliphatic carbocycles. The average Bonchev–Trinajstić information content (AvgIpc) is 3.39. The summed E-state index contributed by atoms with van der Waals surface area (Å²) in [6, 6.07) is 8.68. The topological polar surface area (TPSA) is 75.3 Å². The van der Waals surface area contributed by atoms with Crippen LogP contribution in [0.3, 0.4) is 0 Å². The minimum absolute atomic E-state index is 0.00465. The van der Waals surface area contributed by atoms with Crippen molar-refractivity contribution in [2.75, 3.05) is 5.32 Å². The van der Waals surface area contributed by atoms with Gasteiger partial charge in [0, 0.05) is 17.3 Å². The number of hydrogen-bond acceptors (Lipinski definition) is 3. The molecule has 5 nitrogen and oxygen atoms in total. The van der Waals surface area contributed by atoms with Crippen molar-refractivity contribution in [1.82, 2.24) is 4.72 Å². The number of halogens is 3. The number of nitrogens with one attached hydrogen (secondary N) is 2. The van der Waals surface area contributed by atoms with Crippen LogP contribution < -0.4 is 10.0 Å². The molecule has 2 aromatic rings. The molecule has 27 heavy (non-hydrogen) atoms. The van der Waals surface area contributed by atoms with Crippen LogP contribution in [0.25, 0.3) is 0 Å². The molecule has 1 aliphatic rings. The Hall–Kier alpha value is -2.39. The molecule has 0 bridgehead atoms. The summed E-state index contributed by atoms with van der Waals surface area (Å²) in [7, 11) is -3.63. The Morgan fingerprint density at radius 3 is 2.26 bits per heavy atom. The molecule has 144 valence electrons. The van der Waals surface area contributed by atoms with Crippen LogP contribution >= 0.6 is 0 Å². The van der Waals surface area contributed by atoms with E-state index in [1.54, 1.807) is 0 Å². The molecule has 0 spiro atoms. The predicted octanol–water partition coefficient (Wildman–Crippen LogP) is 3.71. The van der Waals surface area contributed by atoms with Gasteiger partial charge in [-0.15, -0.1) is 0 Å². The highest BCUT2D eigenvalue weighted by Crippen LogP contribution is 2.33. The molecule has 9 heteroatoms. The number of hydrogen-bond donors (Lipinski definition) is 2. The molecular weight excluding hydrogens is 381 g/mol. The second-order valence-electron chi connectivity index (χ2n) is 6.40. The Kier molecular flexibility index (Phi) is 5.00. The third-order valence-corrected chi connectivity index (χ3v) is 5.66. The van der Waals surface area contributed by atoms with E-state index in [0.29, 0.717) is 0 Å². The van der Waals surface area contributed by atoms with Gasteiger partial charge < -0.3 is 5.32 Å². The molecule has 1 fully saturated rings. The van der Waals surface area contributed by atoms with Gasteiger partial charge in [-0.2, -0.15) is 13.2 Å². The predicted molar refractivity (Wildman–Crippen MR) is 93.9 cm³/mol. The van der Waals surface area contributed by atoms with Crippen LogP contribution in [0.1, 0.15) is 34.3 Å². The molecule has 0 aliphatic heterocycles. The quantitative estimate of drug-likeness (QED) is 0.806. The number of aryl methyl sites for hydroxylation is 1. The zero-order valence-electron chi connectivity index (χ0n) is 14.3. The van der Waals surface area contributed by atoms with Crippen LogP contribution in [0.5, 0.6) is 0 Å². The zero-order chi connectivity index (χ0) is 19.8. The van der Waals surface area contributed by atoms with Gasteiger partial charge in [0.25, 0.3) is 5.91 Å². The monoisotopic (exact) mass is 398 g/mol. The van der Waals surface area contributed by atoms with Crippen LogP contribution in [-0.4, -0.2) is 20.4 Å². The number of amides is 1. The number of sulfonamides is 1. The van der Waals surface area contributed by atoms with Crippen LogP contribution in [0.15, 0.2) is 47.4 Å². The van der Waals surface area contributed by atoms with Crippen LogP contribution in [0.2, 0.25) is 0 Å². The lowest BCUT2D eigenvalue weighted by atomic mass is 10.1. The molecule has 0 unspecified atom stereocenters. The van der Waals surface area contributed by atoms with E-state index in [1.807, 2.05) is 0 Å². The van der Waals surface area contributed by atoms with Crippen molar-refractivity contribution in [3.05, 3.63) is 59.2 Å². The Morgan fingerprint density at radius 2 is 1.70 bits per heavy atom. The molecular formula is C18H17F3N2O3S. The van der Waals surface area contributed by atoms with E-state index < -0.39 is 27.7 Å². The van der Waals surface area contributed by atoms with E-state index in [-0.39, 0.29) is 27.8 Å². The highest BCUT2D eigenvalue weighted by Gasteiger charge is 2.32. The number of alkyl halides is 3. The third-order valence-electron chi connectivity index (χ3n) is 4.13. The molecule has 0 radical (unpaired) electrons. The van der Waals surface area contributed by atoms with Gasteiger partial charge >= 0.3 is 6.18 Å². The SMILES string of the molecule is Cc1ccc(NC(=O)c2ccc(S(=O)(=O)NC3CC3)cc2)cc1C(F)(F)F. The lowest BCUT2D eigenvalue weighted by Crippen LogP contribution is -2.25. The van der Waals surface area contributed by atoms with Crippen LogP contribution in [0.4, 0.5) is 18.9 Å². The van der Waals surface area contributed by atoms with E-state index in [2.05, 4.69) is 10.0 Å². The second kappa shape index (κ2) is 6.97. The van der Waals surface area contributed by atoms with Crippen molar-refractivity contribution in [2.24, 2.45) is 0 Å². The molecule has 0 atom stereocenters. The Labute approximate surface area is 154 Å². The molecule has 1 amide bonds. The Morgan fingerprint density at radius 1 is 1.07 bits per heavy atom. The first-order chi connectivity index (χ1) is 12.6. The van der Waals surface area contributed by atoms with Crippen LogP contribution in [0, 0.1) is 6.92 Å². The van der Waals surface area contributed by atoms with Gasteiger partial charge in [0.1, 0.15) is 0 Å². The maximum atomic E-state index is 13.0. The standard InChI is InChI=1S/C18H17F3N2O3S/c1-11-2-5-14(10-16(11)18(19,20)21)22-17(24)12-3-8-15(9-4-12)27(25,26)23-13-6-7-13/h2-5,8-10,13,23H,6-7H2,1H3,(H,22,24). The molecule has 1 saturated carbocycles. The van der Waals surface area contributed by atoms with Crippen molar-refractivity contribution >= 4 is 21.6 Å². The average molecular weight is 398 g/mol. The van der Waals surface area contributed by atoms with Gasteiger partial charge in [0.2, 0.25) is 10.0 Å². The largest absolute Gasteiger partial charge is 0.416 e. The highest BCUT2D eigenvalue weighted by atomic mass is 32.2. The highest BCUT2D eigenvalue weighted by molar-refractivity contribution is 7.89. The van der Waals surface area contributed by atoms with Crippen molar-refractivity contribution in [1.29, 1.82) is 0 Å². The van der Waals surface area contributed by atoms with Gasteiger partial charge in [0.15, 0.2) is 0 Å². The number of carbonyl (C=O) groups excluding carboxylic acids is 1. The molecule has 0 aromatic heterocycles. The lowest BCUT2D eigenvalue weighted by molar-refractivity contribution is -0.138. The van der Waals surface area contributed by atoms with Gasteiger partial charge in [-0.05, 0) is 61.7 Å². The van der Waals surface area contributed by atoms with Crippen molar-refractivity contribution in [2.45, 2.75) is 36.9 Å². The summed E-state index contributed by atoms with van der Waals surface area (Å²) >= 11 is 0. The normalized spacial score (nSPS) is 14.8. The first kappa shape index (κ1) is 19.4. The fourth-order valence-electron chi connectivity index (χ4n) is 2.48. The molecule has 0 saturated heterocycles. The number of benzene rings is 2. The number of anilines is 1. The van der Waals surface area contributed by atoms with Gasteiger partial charge in [-0.25, -0.2) is 13.1 Å². The number of rotatable bonds is 5. The molecule has 3 rings (SSSR count). The Bertz CT molecular complexity index is 966. The van der Waals surface area contributed by atoms with E-state index in [0.717, 1.165) is 18.9 Å². The Balaban J connectivity index is 1.75. The van der Waals surface area contributed by atoms with E-state index >= 15 is 0 Å². The van der Waals surface area contributed by atoms with Crippen molar-refractivity contribution in [3.63, 3.8) is 0 Å². The summed E-state index contributed by atoms with van der Waals surface area (Å²) in [5.41, 5.74) is -0.634. The molecule has 2 aromatic carbocycles. The number of carbonyl (C=O) groups is 1. The first-order valence-corrected chi connectivity index (χ1v) is 9.66. The van der Waals surface area contributed by atoms with Gasteiger partial charge in [0.05, 0.1) is 10.5 Å². The second-order valence-corrected chi connectivity index (χ2v) is 8.12. The van der Waals surface area contributed by atoms with E-state index in [1.165, 1.54) is 43.3 Å². The zero-order valence-corrected chi connectivity index (χ0v) is 15.1. The smallest absolute Gasteiger partial charge is 0.322 e. The molecule has 2 N–H and O–H groups in total. The van der Waals surface area contributed by atoms with E-state index in [4.69, 9.17) is 0 Å². The molecule has 0 heterocycles. The minimum Gasteiger partial charge on any atom is -0.322 e. The summed E-state index contributed by atoms with van der Waals surface area (Å²) in [4.78, 5) is 12.3. The fourth-order valence-corrected chi connectivity index (χ4v) is 3.79. The van der Waals surface area contributed by atoms with Crippen molar-refractivity contribution in [3.8, 4) is 0 Å².